The van der Waals surface area contributed by atoms with Gasteiger partial charge >= 0.3 is 5.97 Å². The number of aromatic carboxylic acids is 1. The highest BCUT2D eigenvalue weighted by Gasteiger charge is 2.20. The van der Waals surface area contributed by atoms with Gasteiger partial charge in [-0.1, -0.05) is 60.7 Å². The summed E-state index contributed by atoms with van der Waals surface area (Å²) in [5.74, 6) is -1.19. The van der Waals surface area contributed by atoms with Crippen LogP contribution >= 0.6 is 0 Å². The normalized spacial score (nSPS) is 10.6. The molecule has 166 valence electrons. The minimum Gasteiger partial charge on any atom is -0.478 e. The third-order valence-electron chi connectivity index (χ3n) is 5.10. The highest BCUT2D eigenvalue weighted by molar-refractivity contribution is 5.97. The molecule has 0 radical (unpaired) electrons. The molecule has 0 saturated heterocycles. The Hall–Kier alpha value is -4.19. The van der Waals surface area contributed by atoms with E-state index in [1.165, 1.54) is 19.1 Å². The van der Waals surface area contributed by atoms with Crippen molar-refractivity contribution in [2.75, 3.05) is 0 Å². The van der Waals surface area contributed by atoms with Crippen LogP contribution in [-0.4, -0.2) is 16.1 Å². The van der Waals surface area contributed by atoms with E-state index in [4.69, 9.17) is 9.47 Å². The van der Waals surface area contributed by atoms with E-state index in [1.807, 2.05) is 60.7 Å². The molecule has 4 aromatic rings. The number of carboxylic acids is 1. The lowest BCUT2D eigenvalue weighted by Gasteiger charge is -2.15. The number of aromatic nitrogens is 1. The molecule has 5 nitrogen and oxygen atoms in total. The van der Waals surface area contributed by atoms with Gasteiger partial charge in [0.1, 0.15) is 19.0 Å². The number of nitrogens with zero attached hydrogens (tertiary/aromatic N) is 1. The van der Waals surface area contributed by atoms with E-state index >= 15 is 0 Å². The number of halogens is 1. The summed E-state index contributed by atoms with van der Waals surface area (Å²) in [6.07, 6.45) is 0. The molecule has 3 aromatic carbocycles. The minimum absolute atomic E-state index is 0.0294. The molecule has 0 aliphatic rings. The Morgan fingerprint density at radius 1 is 0.848 bits per heavy atom. The standard InChI is InChI=1S/C27H22FNO4/c1-18-14-23(27(30)31)22(15-24(18)28)21-12-13-25(32-16-19-8-4-2-5-9-19)29-26(21)33-17-20-10-6-3-7-11-20/h2-15H,16-17H2,1H3,(H,30,31). The molecule has 33 heavy (non-hydrogen) atoms. The summed E-state index contributed by atoms with van der Waals surface area (Å²) in [6, 6.07) is 24.9. The van der Waals surface area contributed by atoms with Crippen LogP contribution < -0.4 is 9.47 Å². The van der Waals surface area contributed by atoms with Gasteiger partial charge in [0.25, 0.3) is 0 Å². The quantitative estimate of drug-likeness (QED) is 0.359. The smallest absolute Gasteiger partial charge is 0.336 e. The second-order valence-corrected chi connectivity index (χ2v) is 7.50. The number of rotatable bonds is 8. The number of hydrogen-bond donors (Lipinski definition) is 1. The molecule has 0 spiro atoms. The van der Waals surface area contributed by atoms with Crippen molar-refractivity contribution in [2.24, 2.45) is 0 Å². The van der Waals surface area contributed by atoms with Crippen LogP contribution in [0.4, 0.5) is 4.39 Å². The lowest BCUT2D eigenvalue weighted by Crippen LogP contribution is -2.06. The van der Waals surface area contributed by atoms with Crippen molar-refractivity contribution in [3.05, 3.63) is 113 Å². The number of carbonyl (C=O) groups is 1. The average molecular weight is 443 g/mol. The third kappa shape index (κ3) is 5.36. The molecule has 6 heteroatoms. The summed E-state index contributed by atoms with van der Waals surface area (Å²) in [5, 5.41) is 9.70. The van der Waals surface area contributed by atoms with Crippen LogP contribution in [0.3, 0.4) is 0 Å². The fourth-order valence-electron chi connectivity index (χ4n) is 3.36. The van der Waals surface area contributed by atoms with Gasteiger partial charge in [0.05, 0.1) is 5.56 Å². The van der Waals surface area contributed by atoms with E-state index in [0.29, 0.717) is 18.1 Å². The van der Waals surface area contributed by atoms with E-state index in [2.05, 4.69) is 4.98 Å². The highest BCUT2D eigenvalue weighted by atomic mass is 19.1. The summed E-state index contributed by atoms with van der Waals surface area (Å²) in [4.78, 5) is 16.3. The van der Waals surface area contributed by atoms with Crippen molar-refractivity contribution >= 4 is 5.97 Å². The molecule has 0 fully saturated rings. The first-order chi connectivity index (χ1) is 16.0. The molecule has 0 amide bonds. The van der Waals surface area contributed by atoms with Crippen molar-refractivity contribution in [2.45, 2.75) is 20.1 Å². The predicted molar refractivity (Wildman–Crippen MR) is 123 cm³/mol. The van der Waals surface area contributed by atoms with Crippen molar-refractivity contribution in [3.8, 4) is 22.9 Å². The Morgan fingerprint density at radius 2 is 1.45 bits per heavy atom. The van der Waals surface area contributed by atoms with Crippen LogP contribution in [0.25, 0.3) is 11.1 Å². The number of aryl methyl sites for hydroxylation is 1. The Labute approximate surface area is 191 Å². The molecule has 1 N–H and O–H groups in total. The number of pyridine rings is 1. The predicted octanol–water partition coefficient (Wildman–Crippen LogP) is 6.05. The molecular weight excluding hydrogens is 421 g/mol. The van der Waals surface area contributed by atoms with Gasteiger partial charge in [-0.25, -0.2) is 9.18 Å². The first-order valence-corrected chi connectivity index (χ1v) is 10.4. The van der Waals surface area contributed by atoms with E-state index in [0.717, 1.165) is 11.1 Å². The maximum atomic E-state index is 14.4. The largest absolute Gasteiger partial charge is 0.478 e. The summed E-state index contributed by atoms with van der Waals surface area (Å²) >= 11 is 0. The van der Waals surface area contributed by atoms with Gasteiger partial charge in [0.15, 0.2) is 0 Å². The van der Waals surface area contributed by atoms with Crippen LogP contribution in [0.5, 0.6) is 11.8 Å². The Bertz CT molecular complexity index is 1260. The molecular formula is C27H22FNO4. The molecule has 0 aliphatic carbocycles. The molecule has 1 heterocycles. The van der Waals surface area contributed by atoms with Crippen molar-refractivity contribution in [1.82, 2.24) is 4.98 Å². The molecule has 0 aliphatic heterocycles. The fraction of sp³-hybridized carbons (Fsp3) is 0.111. The molecule has 1 aromatic heterocycles. The molecule has 0 bridgehead atoms. The maximum absolute atomic E-state index is 14.4. The lowest BCUT2D eigenvalue weighted by atomic mass is 9.98. The van der Waals surface area contributed by atoms with Gasteiger partial charge in [-0.05, 0) is 41.8 Å². The van der Waals surface area contributed by atoms with E-state index in [1.54, 1.807) is 12.1 Å². The summed E-state index contributed by atoms with van der Waals surface area (Å²) in [7, 11) is 0. The highest BCUT2D eigenvalue weighted by Crippen LogP contribution is 2.35. The van der Waals surface area contributed by atoms with Crippen LogP contribution in [0.15, 0.2) is 84.9 Å². The fourth-order valence-corrected chi connectivity index (χ4v) is 3.36. The minimum atomic E-state index is -1.16. The van der Waals surface area contributed by atoms with Crippen molar-refractivity contribution < 1.29 is 23.8 Å². The molecule has 0 unspecified atom stereocenters. The maximum Gasteiger partial charge on any atom is 0.336 e. The second-order valence-electron chi connectivity index (χ2n) is 7.50. The van der Waals surface area contributed by atoms with Gasteiger partial charge in [0, 0.05) is 17.2 Å². The van der Waals surface area contributed by atoms with Crippen molar-refractivity contribution in [3.63, 3.8) is 0 Å². The zero-order valence-electron chi connectivity index (χ0n) is 18.0. The zero-order chi connectivity index (χ0) is 23.2. The first-order valence-electron chi connectivity index (χ1n) is 10.4. The molecule has 4 rings (SSSR count). The SMILES string of the molecule is Cc1cc(C(=O)O)c(-c2ccc(OCc3ccccc3)nc2OCc2ccccc2)cc1F. The summed E-state index contributed by atoms with van der Waals surface area (Å²) in [5.41, 5.74) is 2.67. The van der Waals surface area contributed by atoms with Crippen LogP contribution in [0, 0.1) is 12.7 Å². The van der Waals surface area contributed by atoms with Gasteiger partial charge in [-0.2, -0.15) is 4.98 Å². The first kappa shape index (κ1) is 22.0. The van der Waals surface area contributed by atoms with Gasteiger partial charge in [-0.15, -0.1) is 0 Å². The van der Waals surface area contributed by atoms with Gasteiger partial charge in [-0.3, -0.25) is 0 Å². The number of ether oxygens (including phenoxy) is 2. The number of carboxylic acid groups (broad SMARTS) is 1. The monoisotopic (exact) mass is 443 g/mol. The van der Waals surface area contributed by atoms with Crippen LogP contribution in [-0.2, 0) is 13.2 Å². The topological polar surface area (TPSA) is 68.7 Å². The van der Waals surface area contributed by atoms with Gasteiger partial charge < -0.3 is 14.6 Å². The molecule has 0 atom stereocenters. The van der Waals surface area contributed by atoms with Crippen LogP contribution in [0.1, 0.15) is 27.0 Å². The average Bonchev–Trinajstić information content (AvgIpc) is 2.84. The van der Waals surface area contributed by atoms with Gasteiger partial charge in [0.2, 0.25) is 11.8 Å². The summed E-state index contributed by atoms with van der Waals surface area (Å²) < 4.78 is 26.2. The number of hydrogen-bond acceptors (Lipinski definition) is 4. The van der Waals surface area contributed by atoms with E-state index < -0.39 is 11.8 Å². The number of benzene rings is 3. The Balaban J connectivity index is 1.71. The second kappa shape index (κ2) is 9.96. The van der Waals surface area contributed by atoms with Crippen molar-refractivity contribution in [1.29, 1.82) is 0 Å². The Kier molecular flexibility index (Phi) is 6.64. The van der Waals surface area contributed by atoms with E-state index in [-0.39, 0.29) is 29.2 Å². The molecule has 0 saturated carbocycles. The Morgan fingerprint density at radius 3 is 2.06 bits per heavy atom. The zero-order valence-corrected chi connectivity index (χ0v) is 18.0. The third-order valence-corrected chi connectivity index (χ3v) is 5.10. The lowest BCUT2D eigenvalue weighted by molar-refractivity contribution is 0.0697. The summed E-state index contributed by atoms with van der Waals surface area (Å²) in [6.45, 7) is 2.04. The van der Waals surface area contributed by atoms with E-state index in [9.17, 15) is 14.3 Å². The van der Waals surface area contributed by atoms with Crippen LogP contribution in [0.2, 0.25) is 0 Å².